The van der Waals surface area contributed by atoms with Crippen molar-refractivity contribution in [2.45, 2.75) is 25.3 Å². The first-order valence-corrected chi connectivity index (χ1v) is 9.93. The highest BCUT2D eigenvalue weighted by Crippen LogP contribution is 2.35. The van der Waals surface area contributed by atoms with E-state index in [1.165, 1.54) is 17.5 Å². The number of fused-ring (bicyclic) bond motifs is 2. The minimum atomic E-state index is 0.299. The van der Waals surface area contributed by atoms with Crippen LogP contribution in [0.1, 0.15) is 30.0 Å². The highest BCUT2D eigenvalue weighted by molar-refractivity contribution is 5.71. The van der Waals surface area contributed by atoms with Gasteiger partial charge in [0.25, 0.3) is 0 Å². The van der Waals surface area contributed by atoms with Gasteiger partial charge < -0.3 is 15.0 Å². The minimum Gasteiger partial charge on any atom is -0.490 e. The van der Waals surface area contributed by atoms with E-state index in [2.05, 4.69) is 69.7 Å². The Balaban J connectivity index is 1.42. The highest BCUT2D eigenvalue weighted by Gasteiger charge is 2.20. The van der Waals surface area contributed by atoms with Crippen LogP contribution in [0.4, 0.5) is 11.5 Å². The molecule has 3 aromatic rings. The Labute approximate surface area is 165 Å². The average molecular weight is 372 g/mol. The largest absolute Gasteiger partial charge is 0.490 e. The highest BCUT2D eigenvalue weighted by atomic mass is 16.5. The molecule has 5 rings (SSSR count). The zero-order valence-corrected chi connectivity index (χ0v) is 16.1. The summed E-state index contributed by atoms with van der Waals surface area (Å²) < 4.78 is 5.85. The molecule has 142 valence electrons. The van der Waals surface area contributed by atoms with Gasteiger partial charge in [0, 0.05) is 18.7 Å². The fraction of sp³-hybridized carbons (Fsp3) is 0.304. The van der Waals surface area contributed by atoms with Crippen molar-refractivity contribution in [2.75, 3.05) is 30.4 Å². The standard InChI is InChI=1S/C23H24N4O/c1-27-11-12-28-22-13-17(9-10-21(22)27)20-14-23(25-15-24-20)26-19-8-4-6-16-5-2-3-7-18(16)19/h2-3,5,7,9-10,13-15,19H,4,6,8,11-12H2,1H3,(H,24,25,26)/t19-/m1/s1. The number of aromatic nitrogens is 2. The van der Waals surface area contributed by atoms with Crippen LogP contribution in [-0.4, -0.2) is 30.2 Å². The molecule has 0 amide bonds. The molecule has 0 saturated carbocycles. The number of aryl methyl sites for hydroxylation is 1. The second-order valence-electron chi connectivity index (χ2n) is 7.53. The number of nitrogens with one attached hydrogen (secondary N) is 1. The van der Waals surface area contributed by atoms with Crippen LogP contribution in [0, 0.1) is 0 Å². The van der Waals surface area contributed by atoms with Gasteiger partial charge in [0.05, 0.1) is 24.0 Å². The van der Waals surface area contributed by atoms with Crippen LogP contribution < -0.4 is 15.0 Å². The Morgan fingerprint density at radius 2 is 2.04 bits per heavy atom. The monoisotopic (exact) mass is 372 g/mol. The lowest BCUT2D eigenvalue weighted by Crippen LogP contribution is -2.28. The van der Waals surface area contributed by atoms with Crippen molar-refractivity contribution < 1.29 is 4.74 Å². The molecule has 5 heteroatoms. The maximum absolute atomic E-state index is 5.85. The molecule has 0 fully saturated rings. The van der Waals surface area contributed by atoms with Crippen LogP contribution in [0.2, 0.25) is 0 Å². The molecular formula is C23H24N4O. The van der Waals surface area contributed by atoms with Crippen molar-refractivity contribution in [3.63, 3.8) is 0 Å². The molecule has 0 spiro atoms. The summed E-state index contributed by atoms with van der Waals surface area (Å²) in [6.07, 6.45) is 5.11. The summed E-state index contributed by atoms with van der Waals surface area (Å²) in [4.78, 5) is 11.2. The molecule has 1 aliphatic heterocycles. The molecule has 1 atom stereocenters. The maximum atomic E-state index is 5.85. The van der Waals surface area contributed by atoms with E-state index >= 15 is 0 Å². The molecule has 2 aliphatic rings. The minimum absolute atomic E-state index is 0.299. The predicted molar refractivity (Wildman–Crippen MR) is 112 cm³/mol. The van der Waals surface area contributed by atoms with Gasteiger partial charge in [-0.25, -0.2) is 9.97 Å². The van der Waals surface area contributed by atoms with E-state index in [1.54, 1.807) is 6.33 Å². The first-order chi connectivity index (χ1) is 13.8. The van der Waals surface area contributed by atoms with Crippen molar-refractivity contribution >= 4 is 11.5 Å². The van der Waals surface area contributed by atoms with Gasteiger partial charge >= 0.3 is 0 Å². The van der Waals surface area contributed by atoms with Gasteiger partial charge in [-0.3, -0.25) is 0 Å². The zero-order valence-electron chi connectivity index (χ0n) is 16.1. The van der Waals surface area contributed by atoms with E-state index in [0.29, 0.717) is 12.6 Å². The molecule has 28 heavy (non-hydrogen) atoms. The molecule has 0 radical (unpaired) electrons. The predicted octanol–water partition coefficient (Wildman–Crippen LogP) is 4.46. The number of anilines is 2. The Hall–Kier alpha value is -3.08. The van der Waals surface area contributed by atoms with E-state index in [0.717, 1.165) is 47.9 Å². The van der Waals surface area contributed by atoms with Crippen LogP contribution in [-0.2, 0) is 6.42 Å². The van der Waals surface area contributed by atoms with E-state index in [4.69, 9.17) is 4.74 Å². The number of hydrogen-bond donors (Lipinski definition) is 1. The Morgan fingerprint density at radius 3 is 3.00 bits per heavy atom. The van der Waals surface area contributed by atoms with E-state index < -0.39 is 0 Å². The second-order valence-corrected chi connectivity index (χ2v) is 7.53. The number of benzene rings is 2. The number of hydrogen-bond acceptors (Lipinski definition) is 5. The van der Waals surface area contributed by atoms with E-state index in [9.17, 15) is 0 Å². The van der Waals surface area contributed by atoms with Crippen LogP contribution in [0.3, 0.4) is 0 Å². The lowest BCUT2D eigenvalue weighted by Gasteiger charge is -2.28. The molecule has 2 aromatic carbocycles. The van der Waals surface area contributed by atoms with Crippen molar-refractivity contribution in [1.29, 1.82) is 0 Å². The zero-order chi connectivity index (χ0) is 18.9. The first kappa shape index (κ1) is 17.0. The molecule has 0 unspecified atom stereocenters. The average Bonchev–Trinajstić information content (AvgIpc) is 2.74. The summed E-state index contributed by atoms with van der Waals surface area (Å²) in [6, 6.07) is 17.3. The summed E-state index contributed by atoms with van der Waals surface area (Å²) in [5.74, 6) is 1.78. The van der Waals surface area contributed by atoms with Crippen LogP contribution in [0.15, 0.2) is 54.9 Å². The quantitative estimate of drug-likeness (QED) is 0.735. The third-order valence-corrected chi connectivity index (χ3v) is 5.71. The fourth-order valence-corrected chi connectivity index (χ4v) is 4.19. The lowest BCUT2D eigenvalue weighted by atomic mass is 9.88. The summed E-state index contributed by atoms with van der Waals surface area (Å²) in [7, 11) is 2.09. The van der Waals surface area contributed by atoms with Crippen molar-refractivity contribution in [3.8, 4) is 17.0 Å². The molecule has 2 heterocycles. The first-order valence-electron chi connectivity index (χ1n) is 9.93. The maximum Gasteiger partial charge on any atom is 0.143 e. The lowest BCUT2D eigenvalue weighted by molar-refractivity contribution is 0.311. The summed E-state index contributed by atoms with van der Waals surface area (Å²) in [5.41, 5.74) is 5.90. The van der Waals surface area contributed by atoms with Crippen LogP contribution >= 0.6 is 0 Å². The molecular weight excluding hydrogens is 348 g/mol. The second kappa shape index (κ2) is 7.15. The number of likely N-dealkylation sites (N-methyl/N-ethyl adjacent to an activating group) is 1. The van der Waals surface area contributed by atoms with Crippen molar-refractivity contribution in [1.82, 2.24) is 9.97 Å². The molecule has 1 N–H and O–H groups in total. The molecule has 1 aromatic heterocycles. The third-order valence-electron chi connectivity index (χ3n) is 5.71. The molecule has 5 nitrogen and oxygen atoms in total. The normalized spacial score (nSPS) is 18.0. The number of rotatable bonds is 3. The topological polar surface area (TPSA) is 50.3 Å². The van der Waals surface area contributed by atoms with Gasteiger partial charge in [0.1, 0.15) is 24.5 Å². The Kier molecular flexibility index (Phi) is 4.35. The summed E-state index contributed by atoms with van der Waals surface area (Å²) in [5, 5.41) is 3.63. The summed E-state index contributed by atoms with van der Waals surface area (Å²) in [6.45, 7) is 1.63. The van der Waals surface area contributed by atoms with Gasteiger partial charge in [0.15, 0.2) is 0 Å². The van der Waals surface area contributed by atoms with Crippen molar-refractivity contribution in [2.24, 2.45) is 0 Å². The van der Waals surface area contributed by atoms with Gasteiger partial charge in [-0.05, 0) is 42.5 Å². The Morgan fingerprint density at radius 1 is 1.11 bits per heavy atom. The van der Waals surface area contributed by atoms with Crippen molar-refractivity contribution in [3.05, 3.63) is 66.0 Å². The van der Waals surface area contributed by atoms with Gasteiger partial charge in [-0.2, -0.15) is 0 Å². The van der Waals surface area contributed by atoms with E-state index in [-0.39, 0.29) is 0 Å². The van der Waals surface area contributed by atoms with Crippen LogP contribution in [0.25, 0.3) is 11.3 Å². The SMILES string of the molecule is CN1CCOc2cc(-c3cc(N[C@@H]4CCCc5ccccc54)ncn3)ccc21. The Bertz CT molecular complexity index is 1000. The smallest absolute Gasteiger partial charge is 0.143 e. The van der Waals surface area contributed by atoms with E-state index in [1.807, 2.05) is 6.07 Å². The number of nitrogens with zero attached hydrogens (tertiary/aromatic N) is 3. The molecule has 1 aliphatic carbocycles. The number of ether oxygens (including phenoxy) is 1. The fourth-order valence-electron chi connectivity index (χ4n) is 4.19. The van der Waals surface area contributed by atoms with Gasteiger partial charge in [0.2, 0.25) is 0 Å². The van der Waals surface area contributed by atoms with Crippen LogP contribution in [0.5, 0.6) is 5.75 Å². The molecule has 0 bridgehead atoms. The molecule has 0 saturated heterocycles. The summed E-state index contributed by atoms with van der Waals surface area (Å²) >= 11 is 0. The third kappa shape index (κ3) is 3.17. The van der Waals surface area contributed by atoms with Gasteiger partial charge in [-0.1, -0.05) is 30.3 Å². The van der Waals surface area contributed by atoms with Gasteiger partial charge in [-0.15, -0.1) is 0 Å².